The van der Waals surface area contributed by atoms with E-state index in [1.54, 1.807) is 0 Å². The first kappa shape index (κ1) is 14.9. The first-order chi connectivity index (χ1) is 10.2. The molecule has 1 saturated carbocycles. The van der Waals surface area contributed by atoms with E-state index in [9.17, 15) is 14.7 Å². The zero-order valence-electron chi connectivity index (χ0n) is 12.0. The Labute approximate surface area is 129 Å². The number of aliphatic carboxylic acids is 1. The highest BCUT2D eigenvalue weighted by molar-refractivity contribution is 7.99. The van der Waals surface area contributed by atoms with Crippen LogP contribution in [0, 0.1) is 23.7 Å². The van der Waals surface area contributed by atoms with Crippen LogP contribution in [0.2, 0.25) is 0 Å². The number of fused-ring (bicyclic) bond motifs is 2. The Morgan fingerprint density at radius 2 is 1.86 bits per heavy atom. The Balaban J connectivity index is 1.50. The zero-order chi connectivity index (χ0) is 14.8. The first-order valence-corrected chi connectivity index (χ1v) is 8.81. The maximum absolute atomic E-state index is 12.4. The number of hydrogen-bond donors (Lipinski definition) is 2. The second-order valence-electron chi connectivity index (χ2n) is 6.08. The van der Waals surface area contributed by atoms with Gasteiger partial charge in [-0.1, -0.05) is 12.2 Å². The third kappa shape index (κ3) is 3.11. The van der Waals surface area contributed by atoms with Gasteiger partial charge in [-0.05, 0) is 18.3 Å². The number of carbonyl (C=O) groups excluding carboxylic acids is 1. The second-order valence-corrected chi connectivity index (χ2v) is 7.31. The van der Waals surface area contributed by atoms with E-state index in [1.807, 2.05) is 23.9 Å². The molecular formula is C15H22N2O3S. The highest BCUT2D eigenvalue weighted by Crippen LogP contribution is 2.48. The topological polar surface area (TPSA) is 69.6 Å². The van der Waals surface area contributed by atoms with Crippen LogP contribution in [-0.4, -0.2) is 59.6 Å². The summed E-state index contributed by atoms with van der Waals surface area (Å²) in [5.41, 5.74) is 0. The van der Waals surface area contributed by atoms with Crippen LogP contribution in [0.15, 0.2) is 12.2 Å². The van der Waals surface area contributed by atoms with Crippen molar-refractivity contribution in [3.05, 3.63) is 12.2 Å². The van der Waals surface area contributed by atoms with Crippen LogP contribution < -0.4 is 5.32 Å². The Morgan fingerprint density at radius 1 is 1.19 bits per heavy atom. The first-order valence-electron chi connectivity index (χ1n) is 7.66. The van der Waals surface area contributed by atoms with Crippen molar-refractivity contribution in [2.45, 2.75) is 6.42 Å². The van der Waals surface area contributed by atoms with E-state index in [1.165, 1.54) is 0 Å². The van der Waals surface area contributed by atoms with Crippen LogP contribution in [0.3, 0.4) is 0 Å². The summed E-state index contributed by atoms with van der Waals surface area (Å²) in [7, 11) is 0. The SMILES string of the molecule is O=C(O)C1C2C=CC(C2)C1C(=O)NCCN1CCSCC1. The van der Waals surface area contributed by atoms with E-state index < -0.39 is 11.9 Å². The van der Waals surface area contributed by atoms with Crippen LogP contribution in [-0.2, 0) is 9.59 Å². The summed E-state index contributed by atoms with van der Waals surface area (Å²) in [6.45, 7) is 3.64. The lowest BCUT2D eigenvalue weighted by Crippen LogP contribution is -2.44. The van der Waals surface area contributed by atoms with Gasteiger partial charge in [-0.2, -0.15) is 11.8 Å². The van der Waals surface area contributed by atoms with Gasteiger partial charge in [0.2, 0.25) is 5.91 Å². The van der Waals surface area contributed by atoms with Crippen LogP contribution >= 0.6 is 11.8 Å². The van der Waals surface area contributed by atoms with Gasteiger partial charge >= 0.3 is 5.97 Å². The summed E-state index contributed by atoms with van der Waals surface area (Å²) < 4.78 is 0. The third-order valence-electron chi connectivity index (χ3n) is 4.88. The number of nitrogens with zero attached hydrogens (tertiary/aromatic N) is 1. The molecule has 0 spiro atoms. The van der Waals surface area contributed by atoms with Gasteiger partial charge in [-0.25, -0.2) is 0 Å². The van der Waals surface area contributed by atoms with Crippen LogP contribution in [0.5, 0.6) is 0 Å². The van der Waals surface area contributed by atoms with Crippen LogP contribution in [0.4, 0.5) is 0 Å². The second kappa shape index (κ2) is 6.40. The largest absolute Gasteiger partial charge is 0.481 e. The molecule has 1 aliphatic heterocycles. The van der Waals surface area contributed by atoms with Gasteiger partial charge in [0.15, 0.2) is 0 Å². The minimum Gasteiger partial charge on any atom is -0.481 e. The highest BCUT2D eigenvalue weighted by Gasteiger charge is 2.51. The summed E-state index contributed by atoms with van der Waals surface area (Å²) in [5, 5.41) is 12.3. The molecule has 5 nitrogen and oxygen atoms in total. The van der Waals surface area contributed by atoms with Gasteiger partial charge in [0.25, 0.3) is 0 Å². The van der Waals surface area contributed by atoms with Crippen LogP contribution in [0.25, 0.3) is 0 Å². The maximum Gasteiger partial charge on any atom is 0.307 e. The monoisotopic (exact) mass is 310 g/mol. The molecule has 3 aliphatic rings. The number of nitrogens with one attached hydrogen (secondary N) is 1. The smallest absolute Gasteiger partial charge is 0.307 e. The van der Waals surface area contributed by atoms with Gasteiger partial charge in [0.05, 0.1) is 11.8 Å². The molecule has 1 saturated heterocycles. The predicted molar refractivity (Wildman–Crippen MR) is 82.1 cm³/mol. The molecule has 2 aliphatic carbocycles. The molecule has 6 heteroatoms. The summed E-state index contributed by atoms with van der Waals surface area (Å²) in [6.07, 6.45) is 4.81. The fraction of sp³-hybridized carbons (Fsp3) is 0.733. The number of carbonyl (C=O) groups is 2. The van der Waals surface area contributed by atoms with Crippen molar-refractivity contribution in [1.29, 1.82) is 0 Å². The van der Waals surface area contributed by atoms with Crippen molar-refractivity contribution in [2.24, 2.45) is 23.7 Å². The molecule has 3 rings (SSSR count). The van der Waals surface area contributed by atoms with Crippen molar-refractivity contribution in [3.63, 3.8) is 0 Å². The number of rotatable bonds is 5. The molecule has 4 unspecified atom stereocenters. The highest BCUT2D eigenvalue weighted by atomic mass is 32.2. The van der Waals surface area contributed by atoms with E-state index in [0.29, 0.717) is 6.54 Å². The molecule has 21 heavy (non-hydrogen) atoms. The van der Waals surface area contributed by atoms with Gasteiger partial charge in [0, 0.05) is 37.7 Å². The lowest BCUT2D eigenvalue weighted by atomic mass is 9.82. The molecule has 0 radical (unpaired) electrons. The summed E-state index contributed by atoms with van der Waals surface area (Å²) in [4.78, 5) is 26.1. The Kier molecular flexibility index (Phi) is 4.54. The van der Waals surface area contributed by atoms with E-state index in [2.05, 4.69) is 10.2 Å². The molecule has 2 fully saturated rings. The Morgan fingerprint density at radius 3 is 2.52 bits per heavy atom. The Bertz CT molecular complexity index is 448. The van der Waals surface area contributed by atoms with E-state index in [4.69, 9.17) is 0 Å². The molecule has 4 atom stereocenters. The van der Waals surface area contributed by atoms with Crippen molar-refractivity contribution >= 4 is 23.6 Å². The zero-order valence-corrected chi connectivity index (χ0v) is 12.8. The van der Waals surface area contributed by atoms with Crippen LogP contribution in [0.1, 0.15) is 6.42 Å². The number of thioether (sulfide) groups is 1. The summed E-state index contributed by atoms with van der Waals surface area (Å²) >= 11 is 1.97. The lowest BCUT2D eigenvalue weighted by molar-refractivity contribution is -0.147. The summed E-state index contributed by atoms with van der Waals surface area (Å²) in [6, 6.07) is 0. The van der Waals surface area contributed by atoms with Crippen molar-refractivity contribution in [2.75, 3.05) is 37.7 Å². The van der Waals surface area contributed by atoms with E-state index in [-0.39, 0.29) is 23.7 Å². The standard InChI is InChI=1S/C15H22N2O3S/c18-14(16-3-4-17-5-7-21-8-6-17)12-10-1-2-11(9-10)13(12)15(19)20/h1-2,10-13H,3-9H2,(H,16,18)(H,19,20). The van der Waals surface area contributed by atoms with Gasteiger partial charge in [-0.15, -0.1) is 0 Å². The number of allylic oxidation sites excluding steroid dienone is 2. The molecule has 1 amide bonds. The molecule has 0 aromatic rings. The fourth-order valence-electron chi connectivity index (χ4n) is 3.80. The van der Waals surface area contributed by atoms with E-state index >= 15 is 0 Å². The quantitative estimate of drug-likeness (QED) is 0.731. The average Bonchev–Trinajstić information content (AvgIpc) is 3.08. The van der Waals surface area contributed by atoms with E-state index in [0.717, 1.165) is 37.6 Å². The number of carboxylic acid groups (broad SMARTS) is 1. The minimum absolute atomic E-state index is 0.0439. The van der Waals surface area contributed by atoms with Gasteiger partial charge in [-0.3, -0.25) is 14.5 Å². The number of amides is 1. The number of carboxylic acids is 1. The average molecular weight is 310 g/mol. The lowest BCUT2D eigenvalue weighted by Gasteiger charge is -2.27. The van der Waals surface area contributed by atoms with Gasteiger partial charge < -0.3 is 10.4 Å². The molecular weight excluding hydrogens is 288 g/mol. The fourth-order valence-corrected chi connectivity index (χ4v) is 4.77. The Hall–Kier alpha value is -1.01. The maximum atomic E-state index is 12.4. The van der Waals surface area contributed by atoms with Crippen molar-refractivity contribution in [1.82, 2.24) is 10.2 Å². The van der Waals surface area contributed by atoms with Gasteiger partial charge in [0.1, 0.15) is 0 Å². The molecule has 2 bridgehead atoms. The third-order valence-corrected chi connectivity index (χ3v) is 5.82. The summed E-state index contributed by atoms with van der Waals surface area (Å²) in [5.74, 6) is 0.648. The molecule has 2 N–H and O–H groups in total. The molecule has 1 heterocycles. The van der Waals surface area contributed by atoms with Crippen molar-refractivity contribution < 1.29 is 14.7 Å². The number of hydrogen-bond acceptors (Lipinski definition) is 4. The molecule has 0 aromatic heterocycles. The molecule has 116 valence electrons. The normalized spacial score (nSPS) is 35.0. The van der Waals surface area contributed by atoms with Crippen molar-refractivity contribution in [3.8, 4) is 0 Å². The predicted octanol–water partition coefficient (Wildman–Crippen LogP) is 0.674. The molecule has 0 aromatic carbocycles. The minimum atomic E-state index is -0.833.